The zero-order chi connectivity index (χ0) is 17.1. The van der Waals surface area contributed by atoms with Crippen molar-refractivity contribution in [2.75, 3.05) is 0 Å². The van der Waals surface area contributed by atoms with Gasteiger partial charge >= 0.3 is 0 Å². The second-order valence-electron chi connectivity index (χ2n) is 5.30. The van der Waals surface area contributed by atoms with Crippen LogP contribution in [0.2, 0.25) is 0 Å². The third kappa shape index (κ3) is 2.96. The molecule has 0 aliphatic carbocycles. The first-order chi connectivity index (χ1) is 11.6. The van der Waals surface area contributed by atoms with E-state index in [2.05, 4.69) is 10.5 Å². The molecular weight excluding hydrogens is 307 g/mol. The molecule has 0 aliphatic rings. The molecule has 120 valence electrons. The van der Waals surface area contributed by atoms with Gasteiger partial charge < -0.3 is 5.11 Å². The van der Waals surface area contributed by atoms with Crippen LogP contribution in [0.25, 0.3) is 10.8 Å². The number of carbonyl (C=O) groups is 1. The molecule has 0 radical (unpaired) electrons. The molecule has 0 spiro atoms. The lowest BCUT2D eigenvalue weighted by Gasteiger charge is -2.08. The first-order valence-electron chi connectivity index (χ1n) is 7.38. The number of phenols is 1. The van der Waals surface area contributed by atoms with E-state index in [0.717, 1.165) is 5.39 Å². The van der Waals surface area contributed by atoms with Crippen LogP contribution >= 0.6 is 0 Å². The number of benzene rings is 3. The van der Waals surface area contributed by atoms with Crippen LogP contribution in [0.4, 0.5) is 4.39 Å². The molecule has 4 nitrogen and oxygen atoms in total. The summed E-state index contributed by atoms with van der Waals surface area (Å²) < 4.78 is 13.6. The van der Waals surface area contributed by atoms with Gasteiger partial charge in [-0.3, -0.25) is 4.79 Å². The zero-order valence-electron chi connectivity index (χ0n) is 13.0. The number of nitrogens with one attached hydrogen (secondary N) is 1. The first kappa shape index (κ1) is 15.7. The number of amides is 1. The van der Waals surface area contributed by atoms with Crippen molar-refractivity contribution < 1.29 is 14.3 Å². The third-order valence-corrected chi connectivity index (χ3v) is 3.73. The number of halogens is 1. The summed E-state index contributed by atoms with van der Waals surface area (Å²) in [5.41, 5.74) is 3.15. The molecular formula is C19H15FN2O2. The number of rotatable bonds is 3. The molecule has 3 aromatic carbocycles. The highest BCUT2D eigenvalue weighted by atomic mass is 19.1. The van der Waals surface area contributed by atoms with E-state index >= 15 is 0 Å². The number of nitrogens with zero attached hydrogens (tertiary/aromatic N) is 1. The Bertz CT molecular complexity index is 951. The van der Waals surface area contributed by atoms with Gasteiger partial charge in [0.15, 0.2) is 0 Å². The fourth-order valence-electron chi connectivity index (χ4n) is 2.45. The maximum absolute atomic E-state index is 13.6. The fraction of sp³-hybridized carbons (Fsp3) is 0.0526. The summed E-state index contributed by atoms with van der Waals surface area (Å²) >= 11 is 0. The van der Waals surface area contributed by atoms with E-state index < -0.39 is 11.7 Å². The minimum absolute atomic E-state index is 0.0863. The average molecular weight is 322 g/mol. The van der Waals surface area contributed by atoms with E-state index in [-0.39, 0.29) is 11.3 Å². The largest absolute Gasteiger partial charge is 0.507 e. The minimum Gasteiger partial charge on any atom is -0.507 e. The van der Waals surface area contributed by atoms with Gasteiger partial charge in [0.1, 0.15) is 11.6 Å². The highest BCUT2D eigenvalue weighted by Gasteiger charge is 2.12. The Hall–Kier alpha value is -3.21. The van der Waals surface area contributed by atoms with E-state index in [9.17, 15) is 14.3 Å². The van der Waals surface area contributed by atoms with Gasteiger partial charge in [0, 0.05) is 10.9 Å². The number of hydrazone groups is 1. The first-order valence-corrected chi connectivity index (χ1v) is 7.38. The van der Waals surface area contributed by atoms with E-state index in [1.807, 2.05) is 24.3 Å². The Morgan fingerprint density at radius 2 is 1.71 bits per heavy atom. The molecule has 0 atom stereocenters. The van der Waals surface area contributed by atoms with Crippen LogP contribution < -0.4 is 5.43 Å². The molecule has 0 unspecified atom stereocenters. The lowest BCUT2D eigenvalue weighted by atomic mass is 10.0. The van der Waals surface area contributed by atoms with Gasteiger partial charge in [-0.1, -0.05) is 42.5 Å². The zero-order valence-corrected chi connectivity index (χ0v) is 13.0. The SMILES string of the molecule is CC(=NNC(=O)c1ccccc1F)c1ccc2ccccc2c1O. The van der Waals surface area contributed by atoms with Crippen LogP contribution in [-0.4, -0.2) is 16.7 Å². The summed E-state index contributed by atoms with van der Waals surface area (Å²) in [7, 11) is 0. The van der Waals surface area contributed by atoms with Crippen molar-refractivity contribution in [1.29, 1.82) is 0 Å². The second-order valence-corrected chi connectivity index (χ2v) is 5.30. The molecule has 0 saturated carbocycles. The number of carbonyl (C=O) groups excluding carboxylic acids is 1. The van der Waals surface area contributed by atoms with Crippen LogP contribution in [-0.2, 0) is 0 Å². The fourth-order valence-corrected chi connectivity index (χ4v) is 2.45. The van der Waals surface area contributed by atoms with Gasteiger partial charge in [-0.15, -0.1) is 0 Å². The highest BCUT2D eigenvalue weighted by molar-refractivity contribution is 6.07. The maximum atomic E-state index is 13.6. The van der Waals surface area contributed by atoms with Crippen molar-refractivity contribution in [2.45, 2.75) is 6.92 Å². The summed E-state index contributed by atoms with van der Waals surface area (Å²) in [5, 5.41) is 16.0. The van der Waals surface area contributed by atoms with Crippen molar-refractivity contribution in [3.05, 3.63) is 77.6 Å². The van der Waals surface area contributed by atoms with Crippen molar-refractivity contribution in [3.8, 4) is 5.75 Å². The lowest BCUT2D eigenvalue weighted by molar-refractivity contribution is 0.0951. The predicted molar refractivity (Wildman–Crippen MR) is 91.7 cm³/mol. The summed E-state index contributed by atoms with van der Waals surface area (Å²) in [6.07, 6.45) is 0. The molecule has 0 fully saturated rings. The molecule has 24 heavy (non-hydrogen) atoms. The van der Waals surface area contributed by atoms with Gasteiger partial charge in [-0.05, 0) is 30.5 Å². The molecule has 0 heterocycles. The van der Waals surface area contributed by atoms with Crippen LogP contribution in [0.1, 0.15) is 22.8 Å². The summed E-state index contributed by atoms with van der Waals surface area (Å²) in [4.78, 5) is 12.0. The Morgan fingerprint density at radius 3 is 2.50 bits per heavy atom. The van der Waals surface area contributed by atoms with Crippen LogP contribution in [0, 0.1) is 5.82 Å². The second kappa shape index (κ2) is 6.50. The van der Waals surface area contributed by atoms with Crippen LogP contribution in [0.3, 0.4) is 0 Å². The number of aromatic hydroxyl groups is 1. The van der Waals surface area contributed by atoms with Crippen molar-refractivity contribution >= 4 is 22.4 Å². The smallest absolute Gasteiger partial charge is 0.274 e. The number of phenolic OH excluding ortho intramolecular Hbond substituents is 1. The van der Waals surface area contributed by atoms with Crippen LogP contribution in [0.5, 0.6) is 5.75 Å². The standard InChI is InChI=1S/C19H15FN2O2/c1-12(21-22-19(24)16-8-4-5-9-17(16)20)14-11-10-13-6-2-3-7-15(13)18(14)23/h2-11,23H,1H3,(H,22,24). The third-order valence-electron chi connectivity index (χ3n) is 3.73. The monoisotopic (exact) mass is 322 g/mol. The molecule has 3 aromatic rings. The summed E-state index contributed by atoms with van der Waals surface area (Å²) in [5.74, 6) is -1.17. The molecule has 3 rings (SSSR count). The van der Waals surface area contributed by atoms with Crippen molar-refractivity contribution in [1.82, 2.24) is 5.43 Å². The minimum atomic E-state index is -0.646. The Balaban J connectivity index is 1.88. The van der Waals surface area contributed by atoms with E-state index in [1.165, 1.54) is 18.2 Å². The molecule has 0 aromatic heterocycles. The highest BCUT2D eigenvalue weighted by Crippen LogP contribution is 2.28. The number of hydrogen-bond donors (Lipinski definition) is 2. The Morgan fingerprint density at radius 1 is 1.00 bits per heavy atom. The molecule has 1 amide bonds. The van der Waals surface area contributed by atoms with Gasteiger partial charge in [0.2, 0.25) is 0 Å². The normalized spacial score (nSPS) is 11.5. The number of hydrogen-bond acceptors (Lipinski definition) is 3. The van der Waals surface area contributed by atoms with Crippen molar-refractivity contribution in [3.63, 3.8) is 0 Å². The molecule has 0 saturated heterocycles. The van der Waals surface area contributed by atoms with Gasteiger partial charge in [-0.25, -0.2) is 9.82 Å². The molecule has 0 bridgehead atoms. The Kier molecular flexibility index (Phi) is 4.24. The van der Waals surface area contributed by atoms with Gasteiger partial charge in [-0.2, -0.15) is 5.10 Å². The topological polar surface area (TPSA) is 61.7 Å². The molecule has 5 heteroatoms. The Labute approximate surface area is 138 Å². The maximum Gasteiger partial charge on any atom is 0.274 e. The summed E-state index contributed by atoms with van der Waals surface area (Å²) in [6.45, 7) is 1.66. The van der Waals surface area contributed by atoms with Gasteiger partial charge in [0.05, 0.1) is 11.3 Å². The summed E-state index contributed by atoms with van der Waals surface area (Å²) in [6, 6.07) is 16.7. The lowest BCUT2D eigenvalue weighted by Crippen LogP contribution is -2.20. The molecule has 2 N–H and O–H groups in total. The number of fused-ring (bicyclic) bond motifs is 1. The van der Waals surface area contributed by atoms with E-state index in [4.69, 9.17) is 0 Å². The van der Waals surface area contributed by atoms with Gasteiger partial charge in [0.25, 0.3) is 5.91 Å². The van der Waals surface area contributed by atoms with Crippen molar-refractivity contribution in [2.24, 2.45) is 5.10 Å². The van der Waals surface area contributed by atoms with E-state index in [0.29, 0.717) is 16.7 Å². The molecule has 0 aliphatic heterocycles. The van der Waals surface area contributed by atoms with Crippen LogP contribution in [0.15, 0.2) is 65.8 Å². The predicted octanol–water partition coefficient (Wildman–Crippen LogP) is 3.84. The van der Waals surface area contributed by atoms with E-state index in [1.54, 1.807) is 25.1 Å². The quantitative estimate of drug-likeness (QED) is 0.568. The average Bonchev–Trinajstić information content (AvgIpc) is 2.60.